The normalized spacial score (nSPS) is 15.3. The zero-order valence-corrected chi connectivity index (χ0v) is 17.0. The SMILES string of the molecule is C=C(/C=C\C(=C/C)OCC(C)(C)C)CC(C)CN(C)C(C)(C)C. The van der Waals surface area contributed by atoms with E-state index in [9.17, 15) is 0 Å². The van der Waals surface area contributed by atoms with E-state index in [4.69, 9.17) is 4.74 Å². The topological polar surface area (TPSA) is 12.5 Å². The van der Waals surface area contributed by atoms with Gasteiger partial charge in [-0.25, -0.2) is 0 Å². The minimum Gasteiger partial charge on any atom is -0.493 e. The molecule has 0 saturated carbocycles. The lowest BCUT2D eigenvalue weighted by atomic mass is 9.98. The van der Waals surface area contributed by atoms with Gasteiger partial charge in [0.1, 0.15) is 5.76 Å². The summed E-state index contributed by atoms with van der Waals surface area (Å²) >= 11 is 0. The van der Waals surface area contributed by atoms with Crippen LogP contribution in [0.4, 0.5) is 0 Å². The highest BCUT2D eigenvalue weighted by Crippen LogP contribution is 2.19. The van der Waals surface area contributed by atoms with Crippen LogP contribution >= 0.6 is 0 Å². The molecule has 0 aromatic rings. The van der Waals surface area contributed by atoms with Crippen LogP contribution in [0.2, 0.25) is 0 Å². The number of rotatable bonds is 8. The van der Waals surface area contributed by atoms with Crippen molar-refractivity contribution in [1.29, 1.82) is 0 Å². The molecule has 0 aliphatic heterocycles. The van der Waals surface area contributed by atoms with Crippen LogP contribution in [0.3, 0.4) is 0 Å². The van der Waals surface area contributed by atoms with E-state index in [-0.39, 0.29) is 11.0 Å². The third-order valence-corrected chi connectivity index (χ3v) is 3.78. The van der Waals surface area contributed by atoms with Crippen molar-refractivity contribution in [3.8, 4) is 0 Å². The van der Waals surface area contributed by atoms with Gasteiger partial charge in [0.25, 0.3) is 0 Å². The Hall–Kier alpha value is -1.02. The zero-order valence-electron chi connectivity index (χ0n) is 17.0. The van der Waals surface area contributed by atoms with Gasteiger partial charge < -0.3 is 9.64 Å². The maximum absolute atomic E-state index is 5.85. The number of allylic oxidation sites excluding steroid dienone is 4. The predicted molar refractivity (Wildman–Crippen MR) is 104 cm³/mol. The molecule has 0 fully saturated rings. The molecule has 0 radical (unpaired) electrons. The fourth-order valence-corrected chi connectivity index (χ4v) is 2.05. The van der Waals surface area contributed by atoms with Crippen molar-refractivity contribution in [2.75, 3.05) is 20.2 Å². The van der Waals surface area contributed by atoms with E-state index in [2.05, 4.69) is 73.1 Å². The summed E-state index contributed by atoms with van der Waals surface area (Å²) in [7, 11) is 2.19. The minimum absolute atomic E-state index is 0.172. The standard InChI is InChI=1S/C21H39NO/c1-11-19(23-16-20(4,5)6)13-12-17(2)14-18(3)15-22(10)21(7,8)9/h11-13,18H,2,14-16H2,1,3-10H3/b13-12-,19-11+. The molecule has 0 aromatic carbocycles. The number of hydrogen-bond donors (Lipinski definition) is 0. The fraction of sp³-hybridized carbons (Fsp3) is 0.714. The lowest BCUT2D eigenvalue weighted by molar-refractivity contribution is 0.135. The van der Waals surface area contributed by atoms with Gasteiger partial charge in [-0.05, 0) is 64.6 Å². The van der Waals surface area contributed by atoms with Crippen LogP contribution in [0.5, 0.6) is 0 Å². The Balaban J connectivity index is 4.41. The summed E-state index contributed by atoms with van der Waals surface area (Å²) in [6.07, 6.45) is 7.14. The molecule has 0 bridgehead atoms. The second kappa shape index (κ2) is 9.32. The summed E-state index contributed by atoms with van der Waals surface area (Å²) in [4.78, 5) is 2.40. The van der Waals surface area contributed by atoms with Crippen molar-refractivity contribution < 1.29 is 4.74 Å². The van der Waals surface area contributed by atoms with Crippen LogP contribution in [-0.4, -0.2) is 30.6 Å². The summed E-state index contributed by atoms with van der Waals surface area (Å²) < 4.78 is 5.85. The highest BCUT2D eigenvalue weighted by molar-refractivity contribution is 5.23. The van der Waals surface area contributed by atoms with Crippen LogP contribution in [0.1, 0.15) is 61.8 Å². The molecule has 1 unspecified atom stereocenters. The molecule has 0 saturated heterocycles. The Labute approximate surface area is 145 Å². The maximum Gasteiger partial charge on any atom is 0.115 e. The van der Waals surface area contributed by atoms with Crippen LogP contribution in [-0.2, 0) is 4.74 Å². The Kier molecular flexibility index (Phi) is 8.90. The van der Waals surface area contributed by atoms with Gasteiger partial charge in [-0.3, -0.25) is 0 Å². The number of ether oxygens (including phenoxy) is 1. The number of hydrogen-bond acceptors (Lipinski definition) is 2. The molecule has 0 heterocycles. The highest BCUT2D eigenvalue weighted by atomic mass is 16.5. The lowest BCUT2D eigenvalue weighted by Gasteiger charge is -2.34. The summed E-state index contributed by atoms with van der Waals surface area (Å²) in [5.41, 5.74) is 1.54. The Bertz CT molecular complexity index is 418. The van der Waals surface area contributed by atoms with E-state index < -0.39 is 0 Å². The monoisotopic (exact) mass is 321 g/mol. The van der Waals surface area contributed by atoms with Gasteiger partial charge in [0.15, 0.2) is 0 Å². The van der Waals surface area contributed by atoms with Crippen LogP contribution in [0.25, 0.3) is 0 Å². The molecule has 0 aromatic heterocycles. The maximum atomic E-state index is 5.85. The molecule has 0 aliphatic carbocycles. The Morgan fingerprint density at radius 3 is 2.13 bits per heavy atom. The lowest BCUT2D eigenvalue weighted by Crippen LogP contribution is -2.40. The van der Waals surface area contributed by atoms with Crippen molar-refractivity contribution in [3.63, 3.8) is 0 Å². The molecular weight excluding hydrogens is 282 g/mol. The van der Waals surface area contributed by atoms with E-state index in [0.29, 0.717) is 5.92 Å². The molecule has 0 spiro atoms. The molecule has 2 nitrogen and oxygen atoms in total. The average Bonchev–Trinajstić information content (AvgIpc) is 2.36. The second-order valence-electron chi connectivity index (χ2n) is 8.89. The minimum atomic E-state index is 0.172. The van der Waals surface area contributed by atoms with Crippen molar-refractivity contribution in [1.82, 2.24) is 4.90 Å². The highest BCUT2D eigenvalue weighted by Gasteiger charge is 2.18. The van der Waals surface area contributed by atoms with Gasteiger partial charge in [-0.15, -0.1) is 0 Å². The first-order chi connectivity index (χ1) is 10.3. The molecule has 2 heteroatoms. The van der Waals surface area contributed by atoms with E-state index in [1.54, 1.807) is 0 Å². The molecular formula is C21H39NO. The molecule has 0 N–H and O–H groups in total. The summed E-state index contributed by atoms with van der Waals surface area (Å²) in [6, 6.07) is 0. The van der Waals surface area contributed by atoms with Crippen molar-refractivity contribution >= 4 is 0 Å². The molecule has 134 valence electrons. The molecule has 0 amide bonds. The average molecular weight is 322 g/mol. The van der Waals surface area contributed by atoms with Gasteiger partial charge in [0.05, 0.1) is 6.61 Å². The summed E-state index contributed by atoms with van der Waals surface area (Å²) in [6.45, 7) is 23.6. The van der Waals surface area contributed by atoms with E-state index >= 15 is 0 Å². The quantitative estimate of drug-likeness (QED) is 0.412. The third-order valence-electron chi connectivity index (χ3n) is 3.78. The smallest absolute Gasteiger partial charge is 0.115 e. The van der Waals surface area contributed by atoms with Crippen molar-refractivity contribution in [2.45, 2.75) is 67.3 Å². The molecule has 1 atom stereocenters. The van der Waals surface area contributed by atoms with Crippen LogP contribution in [0, 0.1) is 11.3 Å². The van der Waals surface area contributed by atoms with Crippen molar-refractivity contribution in [3.05, 3.63) is 36.1 Å². The first kappa shape index (κ1) is 22.0. The van der Waals surface area contributed by atoms with E-state index in [1.165, 1.54) is 0 Å². The summed E-state index contributed by atoms with van der Waals surface area (Å²) in [5, 5.41) is 0. The molecule has 23 heavy (non-hydrogen) atoms. The van der Waals surface area contributed by atoms with Gasteiger partial charge in [0.2, 0.25) is 0 Å². The largest absolute Gasteiger partial charge is 0.493 e. The van der Waals surface area contributed by atoms with Crippen molar-refractivity contribution in [2.24, 2.45) is 11.3 Å². The summed E-state index contributed by atoms with van der Waals surface area (Å²) in [5.74, 6) is 1.50. The van der Waals surface area contributed by atoms with Gasteiger partial charge in [0, 0.05) is 12.1 Å². The third kappa shape index (κ3) is 11.2. The molecule has 0 aliphatic rings. The fourth-order valence-electron chi connectivity index (χ4n) is 2.05. The van der Waals surface area contributed by atoms with Gasteiger partial charge in [-0.1, -0.05) is 45.9 Å². The first-order valence-electron chi connectivity index (χ1n) is 8.71. The molecule has 0 rings (SSSR count). The van der Waals surface area contributed by atoms with Gasteiger partial charge >= 0.3 is 0 Å². The Morgan fingerprint density at radius 2 is 1.70 bits per heavy atom. The van der Waals surface area contributed by atoms with E-state index in [0.717, 1.165) is 30.9 Å². The Morgan fingerprint density at radius 1 is 1.13 bits per heavy atom. The second-order valence-corrected chi connectivity index (χ2v) is 8.89. The van der Waals surface area contributed by atoms with Crippen LogP contribution < -0.4 is 0 Å². The van der Waals surface area contributed by atoms with E-state index in [1.807, 2.05) is 19.1 Å². The predicted octanol–water partition coefficient (Wildman–Crippen LogP) is 5.82. The van der Waals surface area contributed by atoms with Gasteiger partial charge in [-0.2, -0.15) is 0 Å². The zero-order chi connectivity index (χ0) is 18.3. The van der Waals surface area contributed by atoms with Crippen LogP contribution in [0.15, 0.2) is 36.1 Å². The first-order valence-corrected chi connectivity index (χ1v) is 8.71. The number of nitrogens with zero attached hydrogens (tertiary/aromatic N) is 1.